The molecule has 0 spiro atoms. The van der Waals surface area contributed by atoms with E-state index in [-0.39, 0.29) is 25.0 Å². The van der Waals surface area contributed by atoms with Gasteiger partial charge >= 0.3 is 6.09 Å². The van der Waals surface area contributed by atoms with E-state index >= 15 is 0 Å². The van der Waals surface area contributed by atoms with Gasteiger partial charge in [-0.05, 0) is 45.9 Å². The number of nitrogens with one attached hydrogen (secondary N) is 2. The summed E-state index contributed by atoms with van der Waals surface area (Å²) < 4.78 is 5.48. The normalized spacial score (nSPS) is 16.0. The minimum Gasteiger partial charge on any atom is -0.449 e. The molecule has 7 nitrogen and oxygen atoms in total. The molecule has 1 aliphatic heterocycles. The highest BCUT2D eigenvalue weighted by molar-refractivity contribution is 5.93. The average Bonchev–Trinajstić information content (AvgIpc) is 3.19. The molecule has 1 heterocycles. The van der Waals surface area contributed by atoms with Crippen LogP contribution >= 0.6 is 0 Å². The molecule has 34 heavy (non-hydrogen) atoms. The molecule has 5 rings (SSSR count). The van der Waals surface area contributed by atoms with Crippen LogP contribution in [0.5, 0.6) is 0 Å². The third kappa shape index (κ3) is 4.27. The number of fused-ring (bicyclic) bond motifs is 4. The molecule has 0 bridgehead atoms. The largest absolute Gasteiger partial charge is 0.449 e. The zero-order valence-electron chi connectivity index (χ0n) is 18.5. The summed E-state index contributed by atoms with van der Waals surface area (Å²) >= 11 is 0. The lowest BCUT2D eigenvalue weighted by molar-refractivity contribution is -0.116. The van der Waals surface area contributed by atoms with E-state index < -0.39 is 18.3 Å². The summed E-state index contributed by atoms with van der Waals surface area (Å²) in [5.41, 5.74) is 6.69. The van der Waals surface area contributed by atoms with E-state index in [0.717, 1.165) is 33.5 Å². The van der Waals surface area contributed by atoms with Gasteiger partial charge in [0.05, 0.1) is 0 Å². The van der Waals surface area contributed by atoms with Gasteiger partial charge < -0.3 is 25.6 Å². The Balaban J connectivity index is 1.17. The highest BCUT2D eigenvalue weighted by Crippen LogP contribution is 2.44. The number of aliphatic hydroxyl groups is 2. The molecule has 0 saturated carbocycles. The van der Waals surface area contributed by atoms with E-state index in [4.69, 9.17) is 4.74 Å². The van der Waals surface area contributed by atoms with Crippen LogP contribution in [0.1, 0.15) is 40.7 Å². The van der Waals surface area contributed by atoms with Gasteiger partial charge in [0.15, 0.2) is 0 Å². The first-order valence-corrected chi connectivity index (χ1v) is 11.4. The number of amides is 2. The topological polar surface area (TPSA) is 108 Å². The third-order valence-electron chi connectivity index (χ3n) is 6.53. The van der Waals surface area contributed by atoms with Gasteiger partial charge in [0.25, 0.3) is 0 Å². The van der Waals surface area contributed by atoms with Crippen molar-refractivity contribution in [3.63, 3.8) is 0 Å². The lowest BCUT2D eigenvalue weighted by atomic mass is 9.96. The second-order valence-electron chi connectivity index (χ2n) is 8.68. The van der Waals surface area contributed by atoms with Crippen LogP contribution in [-0.2, 0) is 16.0 Å². The van der Waals surface area contributed by atoms with Crippen LogP contribution in [0, 0.1) is 0 Å². The van der Waals surface area contributed by atoms with Crippen LogP contribution in [0.15, 0.2) is 66.7 Å². The van der Waals surface area contributed by atoms with Crippen LogP contribution in [0.4, 0.5) is 10.5 Å². The fourth-order valence-corrected chi connectivity index (χ4v) is 4.76. The Labute approximate surface area is 197 Å². The van der Waals surface area contributed by atoms with Gasteiger partial charge in [-0.2, -0.15) is 0 Å². The molecule has 2 aliphatic rings. The van der Waals surface area contributed by atoms with Crippen molar-refractivity contribution in [1.29, 1.82) is 0 Å². The number of hydrogen-bond donors (Lipinski definition) is 4. The number of aryl methyl sites for hydroxylation is 1. The molecule has 0 radical (unpaired) electrons. The maximum Gasteiger partial charge on any atom is 0.407 e. The molecule has 7 heteroatoms. The van der Waals surface area contributed by atoms with Gasteiger partial charge in [-0.15, -0.1) is 0 Å². The number of carbonyl (C=O) groups excluding carboxylic acids is 2. The van der Waals surface area contributed by atoms with Crippen molar-refractivity contribution in [3.05, 3.63) is 89.0 Å². The summed E-state index contributed by atoms with van der Waals surface area (Å²) in [6.07, 6.45) is -2.08. The van der Waals surface area contributed by atoms with Crippen LogP contribution in [0.2, 0.25) is 0 Å². The first-order chi connectivity index (χ1) is 16.5. The molecule has 174 valence electrons. The molecule has 0 fully saturated rings. The number of ether oxygens (including phenoxy) is 1. The highest BCUT2D eigenvalue weighted by atomic mass is 16.5. The van der Waals surface area contributed by atoms with Crippen molar-refractivity contribution < 1.29 is 24.5 Å². The van der Waals surface area contributed by atoms with Gasteiger partial charge in [0, 0.05) is 24.6 Å². The summed E-state index contributed by atoms with van der Waals surface area (Å²) in [5, 5.41) is 26.3. The Hall–Kier alpha value is -3.68. The fraction of sp³-hybridized carbons (Fsp3) is 0.259. The van der Waals surface area contributed by atoms with E-state index in [1.54, 1.807) is 18.2 Å². The van der Waals surface area contributed by atoms with Crippen LogP contribution in [0.3, 0.4) is 0 Å². The molecule has 3 aromatic rings. The summed E-state index contributed by atoms with van der Waals surface area (Å²) in [4.78, 5) is 23.9. The molecule has 2 amide bonds. The number of alkyl carbamates (subject to hydrolysis) is 1. The van der Waals surface area contributed by atoms with Gasteiger partial charge in [-0.3, -0.25) is 4.79 Å². The van der Waals surface area contributed by atoms with E-state index in [2.05, 4.69) is 22.8 Å². The summed E-state index contributed by atoms with van der Waals surface area (Å²) in [6, 6.07) is 21.3. The molecule has 2 atom stereocenters. The Morgan fingerprint density at radius 2 is 1.68 bits per heavy atom. The van der Waals surface area contributed by atoms with E-state index in [0.29, 0.717) is 18.4 Å². The lowest BCUT2D eigenvalue weighted by Gasteiger charge is -2.22. The molecular weight excluding hydrogens is 432 g/mol. The Kier molecular flexibility index (Phi) is 6.04. The van der Waals surface area contributed by atoms with E-state index in [1.807, 2.05) is 36.4 Å². The molecule has 1 aliphatic carbocycles. The summed E-state index contributed by atoms with van der Waals surface area (Å²) in [6.45, 7) is 0.0146. The maximum absolute atomic E-state index is 12.3. The van der Waals surface area contributed by atoms with Crippen LogP contribution in [-0.4, -0.2) is 41.5 Å². The molecule has 2 unspecified atom stereocenters. The quantitative estimate of drug-likeness (QED) is 0.452. The number of hydrogen-bond acceptors (Lipinski definition) is 5. The molecule has 3 aromatic carbocycles. The number of rotatable bonds is 6. The van der Waals surface area contributed by atoms with Crippen molar-refractivity contribution in [2.75, 3.05) is 18.5 Å². The second kappa shape index (κ2) is 9.29. The van der Waals surface area contributed by atoms with Crippen molar-refractivity contribution in [2.24, 2.45) is 0 Å². The number of benzene rings is 3. The smallest absolute Gasteiger partial charge is 0.407 e. The zero-order valence-corrected chi connectivity index (χ0v) is 18.5. The lowest BCUT2D eigenvalue weighted by Crippen LogP contribution is -2.36. The summed E-state index contributed by atoms with van der Waals surface area (Å²) in [5.74, 6) is -0.0854. The van der Waals surface area contributed by atoms with Crippen molar-refractivity contribution in [3.8, 4) is 11.1 Å². The minimum absolute atomic E-state index is 0.0341. The summed E-state index contributed by atoms with van der Waals surface area (Å²) in [7, 11) is 0. The molecular formula is C27H26N2O5. The van der Waals surface area contributed by atoms with Gasteiger partial charge in [-0.1, -0.05) is 60.7 Å². The van der Waals surface area contributed by atoms with Crippen molar-refractivity contribution in [1.82, 2.24) is 5.32 Å². The average molecular weight is 459 g/mol. The Morgan fingerprint density at radius 1 is 1.00 bits per heavy atom. The highest BCUT2D eigenvalue weighted by Gasteiger charge is 2.29. The van der Waals surface area contributed by atoms with Gasteiger partial charge in [-0.25, -0.2) is 4.79 Å². The van der Waals surface area contributed by atoms with Gasteiger partial charge in [0.2, 0.25) is 5.91 Å². The SMILES string of the molecule is O=C1CCc2cc(C(O)C(O)CNC(=O)OCC3c4ccccc4-c4ccccc43)ccc2N1. The Bertz CT molecular complexity index is 1200. The number of anilines is 1. The molecule has 0 saturated heterocycles. The first kappa shape index (κ1) is 22.1. The van der Waals surface area contributed by atoms with Crippen LogP contribution in [0.25, 0.3) is 11.1 Å². The third-order valence-corrected chi connectivity index (χ3v) is 6.53. The fourth-order valence-electron chi connectivity index (χ4n) is 4.76. The number of aliphatic hydroxyl groups excluding tert-OH is 2. The second-order valence-corrected chi connectivity index (χ2v) is 8.68. The Morgan fingerprint density at radius 3 is 2.38 bits per heavy atom. The van der Waals surface area contributed by atoms with Gasteiger partial charge in [0.1, 0.15) is 18.8 Å². The van der Waals surface area contributed by atoms with E-state index in [1.165, 1.54) is 0 Å². The standard InChI is InChI=1S/C27H26N2O5/c30-24(26(32)17-9-11-23-16(13-17)10-12-25(31)29-23)14-28-27(33)34-15-22-20-7-3-1-5-18(20)19-6-2-4-8-21(19)22/h1-9,11,13,22,24,26,30,32H,10,12,14-15H2,(H,28,33)(H,29,31). The first-order valence-electron chi connectivity index (χ1n) is 11.4. The predicted octanol–water partition coefficient (Wildman–Crippen LogP) is 3.50. The molecule has 0 aromatic heterocycles. The predicted molar refractivity (Wildman–Crippen MR) is 127 cm³/mol. The zero-order chi connectivity index (χ0) is 23.7. The monoisotopic (exact) mass is 458 g/mol. The van der Waals surface area contributed by atoms with Crippen molar-refractivity contribution >= 4 is 17.7 Å². The maximum atomic E-state index is 12.3. The van der Waals surface area contributed by atoms with Crippen LogP contribution < -0.4 is 10.6 Å². The van der Waals surface area contributed by atoms with E-state index in [9.17, 15) is 19.8 Å². The van der Waals surface area contributed by atoms with Crippen molar-refractivity contribution in [2.45, 2.75) is 31.0 Å². The minimum atomic E-state index is -1.21. The molecule has 4 N–H and O–H groups in total. The number of carbonyl (C=O) groups is 2.